The zero-order valence-corrected chi connectivity index (χ0v) is 7.88. The fourth-order valence-electron chi connectivity index (χ4n) is 1.18. The molecule has 0 aliphatic heterocycles. The van der Waals surface area contributed by atoms with Gasteiger partial charge in [-0.05, 0) is 19.9 Å². The Balaban J connectivity index is 3.09. The van der Waals surface area contributed by atoms with E-state index in [4.69, 9.17) is 10.5 Å². The lowest BCUT2D eigenvalue weighted by atomic mass is 10.1. The number of ether oxygens (including phenoxy) is 1. The van der Waals surface area contributed by atoms with Gasteiger partial charge in [-0.2, -0.15) is 0 Å². The highest BCUT2D eigenvalue weighted by atomic mass is 19.1. The number of hydrogen-bond donors (Lipinski definition) is 1. The van der Waals surface area contributed by atoms with Gasteiger partial charge in [0.2, 0.25) is 0 Å². The molecule has 0 amide bonds. The topological polar surface area (TPSA) is 35.2 Å². The third kappa shape index (κ3) is 2.18. The first-order valence-electron chi connectivity index (χ1n) is 4.33. The van der Waals surface area contributed by atoms with E-state index in [0.717, 1.165) is 0 Å². The van der Waals surface area contributed by atoms with Crippen LogP contribution in [-0.2, 0) is 0 Å². The highest BCUT2D eigenvalue weighted by Gasteiger charge is 2.11. The van der Waals surface area contributed by atoms with E-state index in [1.54, 1.807) is 19.1 Å². The molecule has 1 aromatic rings. The highest BCUT2D eigenvalue weighted by molar-refractivity contribution is 5.36. The summed E-state index contributed by atoms with van der Waals surface area (Å²) in [7, 11) is 0. The van der Waals surface area contributed by atoms with Crippen LogP contribution < -0.4 is 10.5 Å². The molecule has 0 unspecified atom stereocenters. The van der Waals surface area contributed by atoms with Gasteiger partial charge in [0.25, 0.3) is 0 Å². The monoisotopic (exact) mass is 183 g/mol. The fraction of sp³-hybridized carbons (Fsp3) is 0.400. The maximum atomic E-state index is 13.2. The van der Waals surface area contributed by atoms with Crippen LogP contribution in [0, 0.1) is 5.82 Å². The summed E-state index contributed by atoms with van der Waals surface area (Å²) in [5.41, 5.74) is 6.38. The SMILES string of the molecule is CCOc1c(F)cccc1[C@@H](C)N. The average Bonchev–Trinajstić information content (AvgIpc) is 2.08. The molecule has 0 radical (unpaired) electrons. The maximum Gasteiger partial charge on any atom is 0.165 e. The Kier molecular flexibility index (Phi) is 3.25. The molecule has 0 spiro atoms. The largest absolute Gasteiger partial charge is 0.490 e. The number of benzene rings is 1. The molecule has 2 nitrogen and oxygen atoms in total. The number of halogens is 1. The lowest BCUT2D eigenvalue weighted by Gasteiger charge is -2.13. The minimum atomic E-state index is -0.350. The molecule has 0 aliphatic carbocycles. The summed E-state index contributed by atoms with van der Waals surface area (Å²) in [6.45, 7) is 4.06. The van der Waals surface area contributed by atoms with E-state index in [0.29, 0.717) is 12.2 Å². The Hall–Kier alpha value is -1.09. The van der Waals surface area contributed by atoms with Crippen LogP contribution in [0.4, 0.5) is 4.39 Å². The zero-order valence-electron chi connectivity index (χ0n) is 7.88. The summed E-state index contributed by atoms with van der Waals surface area (Å²) in [6, 6.07) is 4.57. The van der Waals surface area contributed by atoms with Crippen LogP contribution in [0.1, 0.15) is 25.5 Å². The Morgan fingerprint density at radius 1 is 1.54 bits per heavy atom. The van der Waals surface area contributed by atoms with Crippen molar-refractivity contribution in [3.63, 3.8) is 0 Å². The second kappa shape index (κ2) is 4.23. The van der Waals surface area contributed by atoms with Crippen molar-refractivity contribution in [2.75, 3.05) is 6.61 Å². The van der Waals surface area contributed by atoms with Crippen molar-refractivity contribution in [1.82, 2.24) is 0 Å². The first kappa shape index (κ1) is 9.99. The molecular formula is C10H14FNO. The van der Waals surface area contributed by atoms with Crippen molar-refractivity contribution in [2.45, 2.75) is 19.9 Å². The highest BCUT2D eigenvalue weighted by Crippen LogP contribution is 2.26. The van der Waals surface area contributed by atoms with Gasteiger partial charge in [-0.3, -0.25) is 0 Å². The van der Waals surface area contributed by atoms with E-state index in [1.165, 1.54) is 6.07 Å². The summed E-state index contributed by atoms with van der Waals surface area (Å²) in [4.78, 5) is 0. The molecular weight excluding hydrogens is 169 g/mol. The maximum absolute atomic E-state index is 13.2. The van der Waals surface area contributed by atoms with E-state index >= 15 is 0 Å². The Labute approximate surface area is 77.5 Å². The van der Waals surface area contributed by atoms with Crippen LogP contribution in [0.3, 0.4) is 0 Å². The quantitative estimate of drug-likeness (QED) is 0.780. The van der Waals surface area contributed by atoms with Crippen LogP contribution in [0.15, 0.2) is 18.2 Å². The fourth-order valence-corrected chi connectivity index (χ4v) is 1.18. The standard InChI is InChI=1S/C10H14FNO/c1-3-13-10-8(7(2)12)5-4-6-9(10)11/h4-7H,3,12H2,1-2H3/t7-/m1/s1. The van der Waals surface area contributed by atoms with Crippen molar-refractivity contribution >= 4 is 0 Å². The lowest BCUT2D eigenvalue weighted by molar-refractivity contribution is 0.316. The van der Waals surface area contributed by atoms with Crippen molar-refractivity contribution in [2.24, 2.45) is 5.73 Å². The molecule has 0 heterocycles. The molecule has 0 aliphatic rings. The van der Waals surface area contributed by atoms with Crippen LogP contribution in [0.2, 0.25) is 0 Å². The van der Waals surface area contributed by atoms with Crippen molar-refractivity contribution < 1.29 is 9.13 Å². The molecule has 0 aromatic heterocycles. The molecule has 2 N–H and O–H groups in total. The van der Waals surface area contributed by atoms with Crippen molar-refractivity contribution in [3.05, 3.63) is 29.6 Å². The van der Waals surface area contributed by atoms with Gasteiger partial charge in [0.05, 0.1) is 6.61 Å². The van der Waals surface area contributed by atoms with E-state index in [2.05, 4.69) is 0 Å². The van der Waals surface area contributed by atoms with Gasteiger partial charge >= 0.3 is 0 Å². The van der Waals surface area contributed by atoms with E-state index < -0.39 is 0 Å². The Morgan fingerprint density at radius 2 is 2.23 bits per heavy atom. The molecule has 1 atom stereocenters. The number of hydrogen-bond acceptors (Lipinski definition) is 2. The first-order chi connectivity index (χ1) is 6.16. The van der Waals surface area contributed by atoms with Gasteiger partial charge < -0.3 is 10.5 Å². The molecule has 0 saturated heterocycles. The third-order valence-corrected chi connectivity index (χ3v) is 1.78. The summed E-state index contributed by atoms with van der Waals surface area (Å²) in [5, 5.41) is 0. The summed E-state index contributed by atoms with van der Waals surface area (Å²) >= 11 is 0. The lowest BCUT2D eigenvalue weighted by Crippen LogP contribution is -2.09. The van der Waals surface area contributed by atoms with Crippen molar-refractivity contribution in [1.29, 1.82) is 0 Å². The minimum Gasteiger partial charge on any atom is -0.490 e. The normalized spacial score (nSPS) is 12.6. The number of para-hydroxylation sites is 1. The van der Waals surface area contributed by atoms with Gasteiger partial charge in [0.1, 0.15) is 0 Å². The predicted molar refractivity (Wildman–Crippen MR) is 50.2 cm³/mol. The number of rotatable bonds is 3. The van der Waals surface area contributed by atoms with Crippen LogP contribution in [-0.4, -0.2) is 6.61 Å². The molecule has 1 rings (SSSR count). The van der Waals surface area contributed by atoms with Gasteiger partial charge in [0, 0.05) is 11.6 Å². The molecule has 3 heteroatoms. The predicted octanol–water partition coefficient (Wildman–Crippen LogP) is 2.24. The summed E-state index contributed by atoms with van der Waals surface area (Å²) in [6.07, 6.45) is 0. The molecule has 13 heavy (non-hydrogen) atoms. The van der Waals surface area contributed by atoms with Crippen LogP contribution >= 0.6 is 0 Å². The molecule has 0 fully saturated rings. The second-order valence-corrected chi connectivity index (χ2v) is 2.88. The Bertz CT molecular complexity index is 286. The first-order valence-corrected chi connectivity index (χ1v) is 4.33. The average molecular weight is 183 g/mol. The Morgan fingerprint density at radius 3 is 2.77 bits per heavy atom. The molecule has 0 bridgehead atoms. The second-order valence-electron chi connectivity index (χ2n) is 2.88. The van der Waals surface area contributed by atoms with Crippen LogP contribution in [0.5, 0.6) is 5.75 Å². The molecule has 1 aromatic carbocycles. The third-order valence-electron chi connectivity index (χ3n) is 1.78. The summed E-state index contributed by atoms with van der Waals surface area (Å²) < 4.78 is 18.4. The van der Waals surface area contributed by atoms with E-state index in [1.807, 2.05) is 6.92 Å². The zero-order chi connectivity index (χ0) is 9.84. The molecule has 72 valence electrons. The van der Waals surface area contributed by atoms with E-state index in [-0.39, 0.29) is 17.6 Å². The number of nitrogens with two attached hydrogens (primary N) is 1. The summed E-state index contributed by atoms with van der Waals surface area (Å²) in [5.74, 6) is -0.0725. The van der Waals surface area contributed by atoms with E-state index in [9.17, 15) is 4.39 Å². The minimum absolute atomic E-state index is 0.211. The van der Waals surface area contributed by atoms with Gasteiger partial charge in [-0.25, -0.2) is 4.39 Å². The molecule has 0 saturated carbocycles. The van der Waals surface area contributed by atoms with Gasteiger partial charge in [-0.15, -0.1) is 0 Å². The van der Waals surface area contributed by atoms with Gasteiger partial charge in [0.15, 0.2) is 11.6 Å². The van der Waals surface area contributed by atoms with Gasteiger partial charge in [-0.1, -0.05) is 12.1 Å². The van der Waals surface area contributed by atoms with Crippen molar-refractivity contribution in [3.8, 4) is 5.75 Å². The smallest absolute Gasteiger partial charge is 0.165 e. The van der Waals surface area contributed by atoms with Crippen LogP contribution in [0.25, 0.3) is 0 Å².